The Kier molecular flexibility index (Phi) is 3.26. The minimum atomic E-state index is -0.761. The van der Waals surface area contributed by atoms with Crippen molar-refractivity contribution in [3.63, 3.8) is 0 Å². The van der Waals surface area contributed by atoms with E-state index in [9.17, 15) is 9.50 Å². The lowest BCUT2D eigenvalue weighted by Crippen LogP contribution is -2.47. The van der Waals surface area contributed by atoms with Crippen molar-refractivity contribution in [1.82, 2.24) is 0 Å². The summed E-state index contributed by atoms with van der Waals surface area (Å²) in [4.78, 5) is 0. The van der Waals surface area contributed by atoms with Crippen LogP contribution < -0.4 is 5.73 Å². The molecule has 2 rings (SSSR count). The second-order valence-corrected chi connectivity index (χ2v) is 4.75. The molecule has 1 aromatic rings. The standard InChI is InChI=1S/C13H18FNO/c14-11-6-4-5-10(9-11)12(16)13(15)7-2-1-3-8-13/h4-6,9,12,16H,1-3,7-8,15H2. The van der Waals surface area contributed by atoms with Crippen LogP contribution in [0.3, 0.4) is 0 Å². The zero-order valence-corrected chi connectivity index (χ0v) is 9.32. The van der Waals surface area contributed by atoms with Gasteiger partial charge in [0.05, 0.1) is 6.10 Å². The summed E-state index contributed by atoms with van der Waals surface area (Å²) in [7, 11) is 0. The summed E-state index contributed by atoms with van der Waals surface area (Å²) in [5.41, 5.74) is 6.22. The molecule has 88 valence electrons. The van der Waals surface area contributed by atoms with Crippen molar-refractivity contribution in [2.24, 2.45) is 5.73 Å². The van der Waals surface area contributed by atoms with Crippen LogP contribution in [-0.4, -0.2) is 10.6 Å². The lowest BCUT2D eigenvalue weighted by atomic mass is 9.76. The van der Waals surface area contributed by atoms with Crippen molar-refractivity contribution in [1.29, 1.82) is 0 Å². The monoisotopic (exact) mass is 223 g/mol. The predicted octanol–water partition coefficient (Wildman–Crippen LogP) is 2.52. The van der Waals surface area contributed by atoms with Crippen LogP contribution in [0.15, 0.2) is 24.3 Å². The molecule has 1 aliphatic carbocycles. The van der Waals surface area contributed by atoms with Gasteiger partial charge in [-0.25, -0.2) is 4.39 Å². The zero-order valence-electron chi connectivity index (χ0n) is 9.32. The molecule has 1 saturated carbocycles. The molecule has 3 N–H and O–H groups in total. The maximum atomic E-state index is 13.1. The average molecular weight is 223 g/mol. The molecule has 0 heterocycles. The molecule has 0 amide bonds. The summed E-state index contributed by atoms with van der Waals surface area (Å²) in [5.74, 6) is -0.323. The van der Waals surface area contributed by atoms with Gasteiger partial charge < -0.3 is 10.8 Å². The molecule has 1 aromatic carbocycles. The number of benzene rings is 1. The van der Waals surface area contributed by atoms with E-state index >= 15 is 0 Å². The van der Waals surface area contributed by atoms with Gasteiger partial charge in [0.1, 0.15) is 5.82 Å². The Bertz CT molecular complexity index is 361. The minimum absolute atomic E-state index is 0.323. The minimum Gasteiger partial charge on any atom is -0.386 e. The highest BCUT2D eigenvalue weighted by atomic mass is 19.1. The fourth-order valence-electron chi connectivity index (χ4n) is 2.49. The number of nitrogens with two attached hydrogens (primary N) is 1. The molecule has 16 heavy (non-hydrogen) atoms. The molecule has 1 fully saturated rings. The van der Waals surface area contributed by atoms with Crippen molar-refractivity contribution in [2.45, 2.75) is 43.7 Å². The van der Waals surface area contributed by atoms with Gasteiger partial charge in [-0.05, 0) is 30.5 Å². The lowest BCUT2D eigenvalue weighted by Gasteiger charge is -2.37. The highest BCUT2D eigenvalue weighted by molar-refractivity contribution is 5.22. The largest absolute Gasteiger partial charge is 0.386 e. The van der Waals surface area contributed by atoms with Crippen LogP contribution >= 0.6 is 0 Å². The number of hydrogen-bond donors (Lipinski definition) is 2. The maximum absolute atomic E-state index is 13.1. The van der Waals surface area contributed by atoms with Gasteiger partial charge in [0.15, 0.2) is 0 Å². The highest BCUT2D eigenvalue weighted by Gasteiger charge is 2.35. The summed E-state index contributed by atoms with van der Waals surface area (Å²) in [6.07, 6.45) is 4.12. The van der Waals surface area contributed by atoms with E-state index in [1.165, 1.54) is 18.6 Å². The first-order valence-electron chi connectivity index (χ1n) is 5.84. The third-order valence-electron chi connectivity index (χ3n) is 3.49. The Morgan fingerprint density at radius 3 is 2.56 bits per heavy atom. The molecule has 0 aliphatic heterocycles. The summed E-state index contributed by atoms with van der Waals surface area (Å²) in [6.45, 7) is 0. The fraction of sp³-hybridized carbons (Fsp3) is 0.538. The Balaban J connectivity index is 2.20. The second kappa shape index (κ2) is 4.52. The summed E-state index contributed by atoms with van der Waals surface area (Å²) in [6, 6.07) is 6.09. The van der Waals surface area contributed by atoms with Crippen molar-refractivity contribution in [3.8, 4) is 0 Å². The van der Waals surface area contributed by atoms with Crippen LogP contribution in [0.2, 0.25) is 0 Å². The fourth-order valence-corrected chi connectivity index (χ4v) is 2.49. The molecule has 0 spiro atoms. The Hall–Kier alpha value is -0.930. The van der Waals surface area contributed by atoms with Crippen LogP contribution in [-0.2, 0) is 0 Å². The molecule has 1 atom stereocenters. The summed E-state index contributed by atoms with van der Waals surface area (Å²) in [5, 5.41) is 10.2. The van der Waals surface area contributed by atoms with Crippen LogP contribution in [0, 0.1) is 5.82 Å². The summed E-state index contributed by atoms with van der Waals surface area (Å²) >= 11 is 0. The summed E-state index contributed by atoms with van der Waals surface area (Å²) < 4.78 is 13.1. The third-order valence-corrected chi connectivity index (χ3v) is 3.49. The topological polar surface area (TPSA) is 46.2 Å². The van der Waals surface area contributed by atoms with Crippen molar-refractivity contribution in [3.05, 3.63) is 35.6 Å². The molecule has 0 bridgehead atoms. The third kappa shape index (κ3) is 2.25. The van der Waals surface area contributed by atoms with E-state index in [1.807, 2.05) is 0 Å². The molecular weight excluding hydrogens is 205 g/mol. The normalized spacial score (nSPS) is 21.7. The smallest absolute Gasteiger partial charge is 0.123 e. The molecule has 2 nitrogen and oxygen atoms in total. The van der Waals surface area contributed by atoms with Gasteiger partial charge in [-0.1, -0.05) is 31.4 Å². The quantitative estimate of drug-likeness (QED) is 0.809. The Morgan fingerprint density at radius 2 is 1.94 bits per heavy atom. The first kappa shape index (κ1) is 11.6. The van der Waals surface area contributed by atoms with Gasteiger partial charge in [0.2, 0.25) is 0 Å². The van der Waals surface area contributed by atoms with Gasteiger partial charge in [-0.15, -0.1) is 0 Å². The van der Waals surface area contributed by atoms with Gasteiger partial charge in [0.25, 0.3) is 0 Å². The van der Waals surface area contributed by atoms with Gasteiger partial charge in [0, 0.05) is 5.54 Å². The van der Waals surface area contributed by atoms with E-state index in [4.69, 9.17) is 5.73 Å². The van der Waals surface area contributed by atoms with E-state index in [2.05, 4.69) is 0 Å². The van der Waals surface area contributed by atoms with Crippen LogP contribution in [0.5, 0.6) is 0 Å². The predicted molar refractivity (Wildman–Crippen MR) is 61.4 cm³/mol. The van der Waals surface area contributed by atoms with Crippen molar-refractivity contribution in [2.75, 3.05) is 0 Å². The molecule has 1 aliphatic rings. The number of aliphatic hydroxyl groups is 1. The number of rotatable bonds is 2. The van der Waals surface area contributed by atoms with E-state index in [0.717, 1.165) is 25.7 Å². The Labute approximate surface area is 95.3 Å². The number of halogens is 1. The van der Waals surface area contributed by atoms with Crippen molar-refractivity contribution >= 4 is 0 Å². The average Bonchev–Trinajstić information content (AvgIpc) is 2.29. The molecule has 1 unspecified atom stereocenters. The highest BCUT2D eigenvalue weighted by Crippen LogP contribution is 2.36. The number of hydrogen-bond acceptors (Lipinski definition) is 2. The van der Waals surface area contributed by atoms with Crippen LogP contribution in [0.4, 0.5) is 4.39 Å². The van der Waals surface area contributed by atoms with Crippen LogP contribution in [0.25, 0.3) is 0 Å². The second-order valence-electron chi connectivity index (χ2n) is 4.75. The van der Waals surface area contributed by atoms with E-state index in [1.54, 1.807) is 12.1 Å². The van der Waals surface area contributed by atoms with Gasteiger partial charge in [-0.2, -0.15) is 0 Å². The maximum Gasteiger partial charge on any atom is 0.123 e. The molecule has 0 saturated heterocycles. The van der Waals surface area contributed by atoms with Crippen molar-refractivity contribution < 1.29 is 9.50 Å². The van der Waals surface area contributed by atoms with Gasteiger partial charge >= 0.3 is 0 Å². The molecule has 0 radical (unpaired) electrons. The first-order valence-corrected chi connectivity index (χ1v) is 5.84. The van der Waals surface area contributed by atoms with Gasteiger partial charge in [-0.3, -0.25) is 0 Å². The molecule has 3 heteroatoms. The van der Waals surface area contributed by atoms with Crippen LogP contribution in [0.1, 0.15) is 43.8 Å². The van der Waals surface area contributed by atoms with E-state index in [0.29, 0.717) is 5.56 Å². The van der Waals surface area contributed by atoms with E-state index < -0.39 is 11.6 Å². The zero-order chi connectivity index (χ0) is 11.6. The first-order chi connectivity index (χ1) is 7.62. The molecule has 0 aromatic heterocycles. The number of aliphatic hydroxyl groups excluding tert-OH is 1. The lowest BCUT2D eigenvalue weighted by molar-refractivity contribution is 0.0584. The molecular formula is C13H18FNO. The van der Waals surface area contributed by atoms with E-state index in [-0.39, 0.29) is 5.82 Å². The Morgan fingerprint density at radius 1 is 1.25 bits per heavy atom. The SMILES string of the molecule is NC1(C(O)c2cccc(F)c2)CCCCC1.